The number of carbonyl (C=O) groups excluding carboxylic acids is 2. The topological polar surface area (TPSA) is 98.2 Å². The number of halogens is 1. The number of ether oxygens (including phenoxy) is 1. The van der Waals surface area contributed by atoms with Gasteiger partial charge in [-0.15, -0.1) is 0 Å². The molecule has 2 amide bonds. The molecular formula is C22H19ClN4O3. The standard InChI is InChI=1S/C22H19ClN4O3/c23-19-10-15(22(29)27-7-6-25-21(28)5-8-30-13-27)1-3-17(19)14-2-4-20-18(9-14)16(11-24)12-26-20/h1-4,9-10,12,26H,5-8,13H2,(H,25,28). The number of hydrogen-bond donors (Lipinski definition) is 2. The van der Waals surface area contributed by atoms with Crippen molar-refractivity contribution < 1.29 is 14.3 Å². The fourth-order valence-electron chi connectivity index (χ4n) is 3.43. The van der Waals surface area contributed by atoms with Crippen molar-refractivity contribution in [2.75, 3.05) is 26.4 Å². The Bertz CT molecular complexity index is 1160. The van der Waals surface area contributed by atoms with Gasteiger partial charge in [0, 0.05) is 46.3 Å². The lowest BCUT2D eigenvalue weighted by atomic mass is 10.0. The van der Waals surface area contributed by atoms with Crippen molar-refractivity contribution >= 4 is 34.3 Å². The second-order valence-electron chi connectivity index (χ2n) is 6.98. The van der Waals surface area contributed by atoms with E-state index in [9.17, 15) is 14.9 Å². The molecular weight excluding hydrogens is 404 g/mol. The summed E-state index contributed by atoms with van der Waals surface area (Å²) >= 11 is 6.52. The molecule has 30 heavy (non-hydrogen) atoms. The summed E-state index contributed by atoms with van der Waals surface area (Å²) in [7, 11) is 0. The predicted octanol–water partition coefficient (Wildman–Crippen LogP) is 3.30. The summed E-state index contributed by atoms with van der Waals surface area (Å²) in [4.78, 5) is 29.1. The molecule has 0 saturated carbocycles. The van der Waals surface area contributed by atoms with Gasteiger partial charge in [0.2, 0.25) is 5.91 Å². The first-order valence-electron chi connectivity index (χ1n) is 9.51. The number of carbonyl (C=O) groups is 2. The van der Waals surface area contributed by atoms with Crippen LogP contribution in [0.5, 0.6) is 0 Å². The van der Waals surface area contributed by atoms with E-state index in [0.29, 0.717) is 29.2 Å². The molecule has 0 aliphatic carbocycles. The number of aromatic amines is 1. The molecule has 1 fully saturated rings. The maximum Gasteiger partial charge on any atom is 0.255 e. The SMILES string of the molecule is N#Cc1c[nH]c2ccc(-c3ccc(C(=O)N4CCNC(=O)CCOC4)cc3Cl)cc12. The molecule has 2 heterocycles. The third kappa shape index (κ3) is 4.01. The van der Waals surface area contributed by atoms with Gasteiger partial charge < -0.3 is 19.9 Å². The van der Waals surface area contributed by atoms with Crippen molar-refractivity contribution in [1.82, 2.24) is 15.2 Å². The molecule has 1 saturated heterocycles. The molecule has 0 unspecified atom stereocenters. The van der Waals surface area contributed by atoms with Crippen molar-refractivity contribution in [3.05, 3.63) is 58.7 Å². The summed E-state index contributed by atoms with van der Waals surface area (Å²) in [6, 6.07) is 13.1. The number of benzene rings is 2. The van der Waals surface area contributed by atoms with E-state index in [1.807, 2.05) is 18.2 Å². The third-order valence-corrected chi connectivity index (χ3v) is 5.35. The highest BCUT2D eigenvalue weighted by molar-refractivity contribution is 6.33. The van der Waals surface area contributed by atoms with E-state index in [1.165, 1.54) is 0 Å². The lowest BCUT2D eigenvalue weighted by molar-refractivity contribution is -0.121. The fraction of sp³-hybridized carbons (Fsp3) is 0.227. The lowest BCUT2D eigenvalue weighted by Crippen LogP contribution is -2.38. The van der Waals surface area contributed by atoms with Gasteiger partial charge >= 0.3 is 0 Å². The number of hydrogen-bond acceptors (Lipinski definition) is 4. The van der Waals surface area contributed by atoms with Crippen LogP contribution >= 0.6 is 11.6 Å². The second-order valence-corrected chi connectivity index (χ2v) is 7.38. The summed E-state index contributed by atoms with van der Waals surface area (Å²) in [6.07, 6.45) is 1.95. The molecule has 0 bridgehead atoms. The molecule has 4 rings (SSSR count). The van der Waals surface area contributed by atoms with Crippen molar-refractivity contribution in [2.24, 2.45) is 0 Å². The highest BCUT2D eigenvalue weighted by Gasteiger charge is 2.19. The Morgan fingerprint density at radius 1 is 1.23 bits per heavy atom. The number of fused-ring (bicyclic) bond motifs is 1. The van der Waals surface area contributed by atoms with Crippen LogP contribution in [-0.4, -0.2) is 48.1 Å². The zero-order valence-corrected chi connectivity index (χ0v) is 16.8. The van der Waals surface area contributed by atoms with E-state index in [1.54, 1.807) is 29.3 Å². The predicted molar refractivity (Wildman–Crippen MR) is 113 cm³/mol. The van der Waals surface area contributed by atoms with Gasteiger partial charge in [-0.3, -0.25) is 9.59 Å². The smallest absolute Gasteiger partial charge is 0.255 e. The maximum atomic E-state index is 12.9. The number of nitrogens with zero attached hydrogens (tertiary/aromatic N) is 2. The van der Waals surface area contributed by atoms with Crippen LogP contribution in [0.25, 0.3) is 22.0 Å². The third-order valence-electron chi connectivity index (χ3n) is 5.04. The van der Waals surface area contributed by atoms with Crippen molar-refractivity contribution in [1.29, 1.82) is 5.26 Å². The van der Waals surface area contributed by atoms with E-state index < -0.39 is 0 Å². The number of rotatable bonds is 2. The average molecular weight is 423 g/mol. The minimum atomic E-state index is -0.215. The maximum absolute atomic E-state index is 12.9. The molecule has 0 spiro atoms. The van der Waals surface area contributed by atoms with Crippen LogP contribution in [-0.2, 0) is 9.53 Å². The van der Waals surface area contributed by atoms with Gasteiger partial charge in [-0.25, -0.2) is 0 Å². The van der Waals surface area contributed by atoms with Gasteiger partial charge in [-0.05, 0) is 29.8 Å². The first-order valence-corrected chi connectivity index (χ1v) is 9.89. The minimum Gasteiger partial charge on any atom is -0.360 e. The molecule has 7 nitrogen and oxygen atoms in total. The van der Waals surface area contributed by atoms with Gasteiger partial charge in [0.1, 0.15) is 12.8 Å². The molecule has 1 aromatic heterocycles. The Labute approximate surface area is 178 Å². The van der Waals surface area contributed by atoms with Crippen LogP contribution in [0.2, 0.25) is 5.02 Å². The molecule has 1 aliphatic rings. The van der Waals surface area contributed by atoms with Crippen LogP contribution in [0.3, 0.4) is 0 Å². The Kier molecular flexibility index (Phi) is 5.70. The molecule has 0 radical (unpaired) electrons. The van der Waals surface area contributed by atoms with E-state index in [0.717, 1.165) is 22.0 Å². The zero-order valence-electron chi connectivity index (χ0n) is 16.1. The van der Waals surface area contributed by atoms with Crippen molar-refractivity contribution in [2.45, 2.75) is 6.42 Å². The first kappa shape index (κ1) is 20.0. The largest absolute Gasteiger partial charge is 0.360 e. The fourth-order valence-corrected chi connectivity index (χ4v) is 3.72. The number of nitrogens with one attached hydrogen (secondary N) is 2. The summed E-state index contributed by atoms with van der Waals surface area (Å²) < 4.78 is 5.44. The number of nitriles is 1. The van der Waals surface area contributed by atoms with Crippen LogP contribution in [0.4, 0.5) is 0 Å². The monoisotopic (exact) mass is 422 g/mol. The molecule has 0 atom stereocenters. The minimum absolute atomic E-state index is 0.0874. The molecule has 2 N–H and O–H groups in total. The lowest BCUT2D eigenvalue weighted by Gasteiger charge is -2.22. The average Bonchev–Trinajstić information content (AvgIpc) is 3.20. The Morgan fingerprint density at radius 3 is 2.90 bits per heavy atom. The van der Waals surface area contributed by atoms with Crippen LogP contribution in [0.1, 0.15) is 22.3 Å². The van der Waals surface area contributed by atoms with E-state index in [-0.39, 0.29) is 31.6 Å². The summed E-state index contributed by atoms with van der Waals surface area (Å²) in [5.74, 6) is -0.303. The van der Waals surface area contributed by atoms with Gasteiger partial charge in [0.25, 0.3) is 5.91 Å². The van der Waals surface area contributed by atoms with Gasteiger partial charge in [0.15, 0.2) is 0 Å². The molecule has 2 aromatic carbocycles. The van der Waals surface area contributed by atoms with E-state index >= 15 is 0 Å². The highest BCUT2D eigenvalue weighted by Crippen LogP contribution is 2.32. The van der Waals surface area contributed by atoms with Crippen LogP contribution in [0, 0.1) is 11.3 Å². The van der Waals surface area contributed by atoms with Crippen molar-refractivity contribution in [3.8, 4) is 17.2 Å². The van der Waals surface area contributed by atoms with Crippen LogP contribution in [0.15, 0.2) is 42.6 Å². The molecule has 1 aliphatic heterocycles. The van der Waals surface area contributed by atoms with Gasteiger partial charge in [-0.1, -0.05) is 23.7 Å². The second kappa shape index (κ2) is 8.57. The number of H-pyrrole nitrogens is 1. The first-order chi connectivity index (χ1) is 14.6. The summed E-state index contributed by atoms with van der Waals surface area (Å²) in [5.41, 5.74) is 3.51. The molecule has 8 heteroatoms. The van der Waals surface area contributed by atoms with E-state index in [2.05, 4.69) is 16.4 Å². The van der Waals surface area contributed by atoms with Crippen molar-refractivity contribution in [3.63, 3.8) is 0 Å². The van der Waals surface area contributed by atoms with Crippen LogP contribution < -0.4 is 5.32 Å². The zero-order chi connectivity index (χ0) is 21.1. The highest BCUT2D eigenvalue weighted by atomic mass is 35.5. The Balaban J connectivity index is 1.59. The molecule has 152 valence electrons. The molecule has 3 aromatic rings. The quantitative estimate of drug-likeness (QED) is 0.662. The Hall–Kier alpha value is -3.34. The van der Waals surface area contributed by atoms with Gasteiger partial charge in [-0.2, -0.15) is 5.26 Å². The van der Waals surface area contributed by atoms with Gasteiger partial charge in [0.05, 0.1) is 18.6 Å². The number of amides is 2. The number of aromatic nitrogens is 1. The summed E-state index contributed by atoms with van der Waals surface area (Å²) in [6.45, 7) is 1.11. The summed E-state index contributed by atoms with van der Waals surface area (Å²) in [5, 5.41) is 13.3. The van der Waals surface area contributed by atoms with E-state index in [4.69, 9.17) is 16.3 Å². The Morgan fingerprint density at radius 2 is 2.10 bits per heavy atom. The normalized spacial score (nSPS) is 15.1.